The lowest BCUT2D eigenvalue weighted by atomic mass is 9.65. The van der Waals surface area contributed by atoms with E-state index in [9.17, 15) is 4.79 Å². The molecule has 0 aliphatic carbocycles. The molecule has 1 aromatic rings. The van der Waals surface area contributed by atoms with Crippen LogP contribution in [0.3, 0.4) is 0 Å². The molecule has 2 rings (SSSR count). The van der Waals surface area contributed by atoms with E-state index in [-0.39, 0.29) is 34.5 Å². The molecule has 2 N–H and O–H groups in total. The van der Waals surface area contributed by atoms with Crippen LogP contribution in [0.25, 0.3) is 0 Å². The molecule has 1 aliphatic rings. The number of nitrogens with two attached hydrogens (primary N) is 1. The van der Waals surface area contributed by atoms with E-state index in [0.29, 0.717) is 12.5 Å². The first kappa shape index (κ1) is 16.0. The SMILES string of the molecule is CC(C)(C)C1CO[C@@H](n2ccc(N)nc2=O)[C@H]1C(C)(C)C. The van der Waals surface area contributed by atoms with Crippen molar-refractivity contribution in [1.82, 2.24) is 9.55 Å². The molecule has 0 bridgehead atoms. The first-order valence-electron chi connectivity index (χ1n) is 7.48. The minimum atomic E-state index is -0.344. The van der Waals surface area contributed by atoms with Crippen molar-refractivity contribution in [1.29, 1.82) is 0 Å². The highest BCUT2D eigenvalue weighted by Crippen LogP contribution is 2.51. The van der Waals surface area contributed by atoms with Gasteiger partial charge in [0.2, 0.25) is 0 Å². The Morgan fingerprint density at radius 1 is 1.24 bits per heavy atom. The normalized spacial score (nSPS) is 27.0. The smallest absolute Gasteiger partial charge is 0.351 e. The molecular formula is C16H27N3O2. The highest BCUT2D eigenvalue weighted by Gasteiger charge is 2.49. The van der Waals surface area contributed by atoms with Crippen molar-refractivity contribution in [3.05, 3.63) is 22.7 Å². The lowest BCUT2D eigenvalue weighted by Gasteiger charge is -2.40. The lowest BCUT2D eigenvalue weighted by Crippen LogP contribution is -2.39. The van der Waals surface area contributed by atoms with Gasteiger partial charge in [0, 0.05) is 12.1 Å². The Morgan fingerprint density at radius 2 is 1.86 bits per heavy atom. The molecule has 0 amide bonds. The van der Waals surface area contributed by atoms with Crippen LogP contribution in [0.2, 0.25) is 0 Å². The number of aromatic nitrogens is 2. The van der Waals surface area contributed by atoms with Crippen molar-refractivity contribution in [2.45, 2.75) is 47.8 Å². The largest absolute Gasteiger partial charge is 0.383 e. The van der Waals surface area contributed by atoms with Gasteiger partial charge in [0.25, 0.3) is 0 Å². The summed E-state index contributed by atoms with van der Waals surface area (Å²) >= 11 is 0. The molecule has 0 saturated carbocycles. The van der Waals surface area contributed by atoms with E-state index in [1.54, 1.807) is 16.8 Å². The zero-order valence-electron chi connectivity index (χ0n) is 13.9. The molecule has 1 unspecified atom stereocenters. The van der Waals surface area contributed by atoms with Crippen molar-refractivity contribution in [2.75, 3.05) is 12.3 Å². The minimum Gasteiger partial charge on any atom is -0.383 e. The third-order valence-corrected chi connectivity index (χ3v) is 4.43. The predicted molar refractivity (Wildman–Crippen MR) is 83.8 cm³/mol. The van der Waals surface area contributed by atoms with Gasteiger partial charge < -0.3 is 10.5 Å². The fraction of sp³-hybridized carbons (Fsp3) is 0.750. The van der Waals surface area contributed by atoms with Gasteiger partial charge in [-0.25, -0.2) is 4.79 Å². The molecule has 1 fully saturated rings. The molecule has 21 heavy (non-hydrogen) atoms. The summed E-state index contributed by atoms with van der Waals surface area (Å²) in [5.74, 6) is 0.863. The Labute approximate surface area is 126 Å². The monoisotopic (exact) mass is 293 g/mol. The molecule has 0 aromatic carbocycles. The van der Waals surface area contributed by atoms with Crippen LogP contribution >= 0.6 is 0 Å². The molecule has 1 aliphatic heterocycles. The average molecular weight is 293 g/mol. The fourth-order valence-corrected chi connectivity index (χ4v) is 3.30. The van der Waals surface area contributed by atoms with E-state index in [0.717, 1.165) is 0 Å². The van der Waals surface area contributed by atoms with Crippen LogP contribution in [0.5, 0.6) is 0 Å². The first-order valence-corrected chi connectivity index (χ1v) is 7.48. The van der Waals surface area contributed by atoms with Crippen LogP contribution in [-0.2, 0) is 4.74 Å². The molecule has 5 nitrogen and oxygen atoms in total. The molecule has 5 heteroatoms. The molecule has 0 radical (unpaired) electrons. The van der Waals surface area contributed by atoms with Crippen molar-refractivity contribution in [3.63, 3.8) is 0 Å². The van der Waals surface area contributed by atoms with Gasteiger partial charge in [-0.2, -0.15) is 4.98 Å². The second-order valence-electron chi connectivity index (χ2n) is 8.13. The van der Waals surface area contributed by atoms with Gasteiger partial charge in [0.05, 0.1) is 6.61 Å². The summed E-state index contributed by atoms with van der Waals surface area (Å²) in [5, 5.41) is 0. The summed E-state index contributed by atoms with van der Waals surface area (Å²) in [4.78, 5) is 16.0. The summed E-state index contributed by atoms with van der Waals surface area (Å²) in [7, 11) is 0. The quantitative estimate of drug-likeness (QED) is 0.864. The summed E-state index contributed by atoms with van der Waals surface area (Å²) in [6, 6.07) is 1.65. The van der Waals surface area contributed by atoms with Gasteiger partial charge >= 0.3 is 5.69 Å². The van der Waals surface area contributed by atoms with E-state index in [1.165, 1.54) is 0 Å². The number of hydrogen-bond donors (Lipinski definition) is 1. The Kier molecular flexibility index (Phi) is 3.91. The summed E-state index contributed by atoms with van der Waals surface area (Å²) < 4.78 is 7.60. The fourth-order valence-electron chi connectivity index (χ4n) is 3.30. The third kappa shape index (κ3) is 3.12. The van der Waals surface area contributed by atoms with E-state index < -0.39 is 0 Å². The van der Waals surface area contributed by atoms with Crippen LogP contribution in [0, 0.1) is 22.7 Å². The van der Waals surface area contributed by atoms with Crippen molar-refractivity contribution < 1.29 is 4.74 Å². The second-order valence-corrected chi connectivity index (χ2v) is 8.13. The number of nitrogens with zero attached hydrogens (tertiary/aromatic N) is 2. The number of ether oxygens (including phenoxy) is 1. The summed E-state index contributed by atoms with van der Waals surface area (Å²) in [6.45, 7) is 14.0. The van der Waals surface area contributed by atoms with Gasteiger partial charge in [-0.15, -0.1) is 0 Å². The van der Waals surface area contributed by atoms with E-state index in [2.05, 4.69) is 46.5 Å². The molecule has 0 spiro atoms. The van der Waals surface area contributed by atoms with Crippen molar-refractivity contribution in [2.24, 2.45) is 22.7 Å². The maximum atomic E-state index is 12.1. The number of anilines is 1. The maximum Gasteiger partial charge on any atom is 0.351 e. The van der Waals surface area contributed by atoms with Crippen LogP contribution < -0.4 is 11.4 Å². The summed E-state index contributed by atoms with van der Waals surface area (Å²) in [5.41, 5.74) is 5.38. The van der Waals surface area contributed by atoms with Gasteiger partial charge in [-0.3, -0.25) is 4.57 Å². The maximum absolute atomic E-state index is 12.1. The Hall–Kier alpha value is -1.36. The molecular weight excluding hydrogens is 266 g/mol. The first-order chi connectivity index (χ1) is 9.51. The Balaban J connectivity index is 2.46. The second kappa shape index (κ2) is 5.13. The molecule has 2 heterocycles. The van der Waals surface area contributed by atoms with E-state index >= 15 is 0 Å². The van der Waals surface area contributed by atoms with Crippen molar-refractivity contribution in [3.8, 4) is 0 Å². The number of nitrogen functional groups attached to an aromatic ring is 1. The molecule has 1 aromatic heterocycles. The highest BCUT2D eigenvalue weighted by atomic mass is 16.5. The van der Waals surface area contributed by atoms with Crippen LogP contribution in [0.4, 0.5) is 5.82 Å². The van der Waals surface area contributed by atoms with Gasteiger partial charge in [-0.1, -0.05) is 41.5 Å². The van der Waals surface area contributed by atoms with Gasteiger partial charge in [0.15, 0.2) is 0 Å². The lowest BCUT2D eigenvalue weighted by molar-refractivity contribution is -0.00428. The highest BCUT2D eigenvalue weighted by molar-refractivity contribution is 5.23. The molecule has 118 valence electrons. The van der Waals surface area contributed by atoms with Gasteiger partial charge in [-0.05, 0) is 22.8 Å². The van der Waals surface area contributed by atoms with E-state index in [4.69, 9.17) is 10.5 Å². The van der Waals surface area contributed by atoms with Crippen LogP contribution in [-0.4, -0.2) is 16.2 Å². The van der Waals surface area contributed by atoms with Crippen molar-refractivity contribution >= 4 is 5.82 Å². The Bertz CT molecular complexity index is 566. The molecule has 3 atom stereocenters. The zero-order valence-corrected chi connectivity index (χ0v) is 13.9. The topological polar surface area (TPSA) is 70.1 Å². The van der Waals surface area contributed by atoms with Gasteiger partial charge in [0.1, 0.15) is 12.0 Å². The van der Waals surface area contributed by atoms with Crippen LogP contribution in [0.1, 0.15) is 47.8 Å². The third-order valence-electron chi connectivity index (χ3n) is 4.43. The minimum absolute atomic E-state index is 0.0277. The van der Waals surface area contributed by atoms with E-state index in [1.807, 2.05) is 0 Å². The predicted octanol–water partition coefficient (Wildman–Crippen LogP) is 2.68. The number of rotatable bonds is 1. The molecule has 1 saturated heterocycles. The standard InChI is InChI=1S/C16H27N3O2/c1-15(2,3)10-9-21-13(12(10)16(4,5)6)19-8-7-11(17)18-14(19)20/h7-8,10,12-13H,9H2,1-6H3,(H2,17,18,20)/t10?,12-,13+/m0/s1. The summed E-state index contributed by atoms with van der Waals surface area (Å²) in [6.07, 6.45) is 1.41. The zero-order chi connectivity index (χ0) is 16.0. The average Bonchev–Trinajstić information content (AvgIpc) is 2.72. The Morgan fingerprint density at radius 3 is 2.33 bits per heavy atom. The van der Waals surface area contributed by atoms with Crippen LogP contribution in [0.15, 0.2) is 17.1 Å². The number of hydrogen-bond acceptors (Lipinski definition) is 4.